The number of carbonyl (C=O) groups excluding carboxylic acids is 1. The van der Waals surface area contributed by atoms with Crippen LogP contribution in [0.2, 0.25) is 0 Å². The number of benzene rings is 2. The van der Waals surface area contributed by atoms with Crippen molar-refractivity contribution in [3.05, 3.63) is 59.4 Å². The highest BCUT2D eigenvalue weighted by Crippen LogP contribution is 2.25. The zero-order valence-corrected chi connectivity index (χ0v) is 16.4. The predicted octanol–water partition coefficient (Wildman–Crippen LogP) is 3.76. The fourth-order valence-electron chi connectivity index (χ4n) is 3.47. The van der Waals surface area contributed by atoms with Crippen LogP contribution < -0.4 is 10.1 Å². The number of amides is 1. The summed E-state index contributed by atoms with van der Waals surface area (Å²) in [7, 11) is 1.58. The van der Waals surface area contributed by atoms with Crippen LogP contribution in [0.4, 0.5) is 10.1 Å². The Balaban J connectivity index is 1.69. The Morgan fingerprint density at radius 2 is 2.18 bits per heavy atom. The summed E-state index contributed by atoms with van der Waals surface area (Å²) in [6.45, 7) is 4.02. The van der Waals surface area contributed by atoms with Gasteiger partial charge < -0.3 is 14.8 Å². The number of ether oxygens (including phenoxy) is 2. The van der Waals surface area contributed by atoms with Gasteiger partial charge in [-0.25, -0.2) is 4.39 Å². The molecule has 1 aliphatic rings. The van der Waals surface area contributed by atoms with Gasteiger partial charge in [0.05, 0.1) is 25.4 Å². The number of rotatable bonds is 8. The molecule has 0 saturated carbocycles. The van der Waals surface area contributed by atoms with Gasteiger partial charge in [0.2, 0.25) is 5.91 Å². The van der Waals surface area contributed by atoms with E-state index in [1.165, 1.54) is 12.1 Å². The van der Waals surface area contributed by atoms with Crippen molar-refractivity contribution in [2.24, 2.45) is 0 Å². The van der Waals surface area contributed by atoms with Crippen LogP contribution in [-0.2, 0) is 16.1 Å². The first-order valence-corrected chi connectivity index (χ1v) is 9.56. The molecule has 1 N–H and O–H groups in total. The quantitative estimate of drug-likeness (QED) is 0.751. The van der Waals surface area contributed by atoms with Gasteiger partial charge in [-0.15, -0.1) is 0 Å². The second-order valence-corrected chi connectivity index (χ2v) is 7.19. The maximum atomic E-state index is 13.6. The van der Waals surface area contributed by atoms with Crippen LogP contribution in [0.5, 0.6) is 5.75 Å². The molecule has 0 bridgehead atoms. The summed E-state index contributed by atoms with van der Waals surface area (Å²) in [5.74, 6) is 0.205. The Kier molecular flexibility index (Phi) is 7.01. The fraction of sp³-hybridized carbons (Fsp3) is 0.409. The molecule has 1 heterocycles. The minimum absolute atomic E-state index is 0.106. The third-order valence-electron chi connectivity index (χ3n) is 4.78. The van der Waals surface area contributed by atoms with Gasteiger partial charge in [-0.3, -0.25) is 9.69 Å². The van der Waals surface area contributed by atoms with Crippen LogP contribution in [0, 0.1) is 12.7 Å². The number of aryl methyl sites for hydroxylation is 1. The molecule has 1 fully saturated rings. The molecule has 0 radical (unpaired) electrons. The SMILES string of the molecule is COc1ccc(C)cc1NC(=O)CN(Cc1cccc(F)c1)CC1CCCO1. The van der Waals surface area contributed by atoms with Crippen molar-refractivity contribution in [2.75, 3.05) is 32.1 Å². The number of carbonyl (C=O) groups is 1. The lowest BCUT2D eigenvalue weighted by atomic mass is 10.1. The summed E-state index contributed by atoms with van der Waals surface area (Å²) in [6, 6.07) is 12.1. The van der Waals surface area contributed by atoms with Crippen LogP contribution in [0.25, 0.3) is 0 Å². The molecule has 5 nitrogen and oxygen atoms in total. The van der Waals surface area contributed by atoms with Crippen molar-refractivity contribution >= 4 is 11.6 Å². The van der Waals surface area contributed by atoms with Gasteiger partial charge in [0.1, 0.15) is 11.6 Å². The van der Waals surface area contributed by atoms with Crippen molar-refractivity contribution in [1.29, 1.82) is 0 Å². The van der Waals surface area contributed by atoms with Crippen molar-refractivity contribution in [3.8, 4) is 5.75 Å². The van der Waals surface area contributed by atoms with Gasteiger partial charge in [-0.1, -0.05) is 18.2 Å². The third kappa shape index (κ3) is 5.78. The van der Waals surface area contributed by atoms with Crippen LogP contribution >= 0.6 is 0 Å². The minimum atomic E-state index is -0.275. The Morgan fingerprint density at radius 3 is 2.89 bits per heavy atom. The summed E-state index contributed by atoms with van der Waals surface area (Å²) in [5.41, 5.74) is 2.52. The molecule has 1 amide bonds. The average Bonchev–Trinajstić information content (AvgIpc) is 3.15. The first-order chi connectivity index (χ1) is 13.5. The van der Waals surface area contributed by atoms with E-state index in [-0.39, 0.29) is 24.4 Å². The maximum Gasteiger partial charge on any atom is 0.238 e. The molecular weight excluding hydrogens is 359 g/mol. The van der Waals surface area contributed by atoms with E-state index in [1.54, 1.807) is 13.2 Å². The zero-order chi connectivity index (χ0) is 19.9. The number of halogens is 1. The predicted molar refractivity (Wildman–Crippen MR) is 107 cm³/mol. The number of hydrogen-bond acceptors (Lipinski definition) is 4. The molecule has 2 aromatic rings. The van der Waals surface area contributed by atoms with Crippen LogP contribution in [0.3, 0.4) is 0 Å². The Bertz CT molecular complexity index is 806. The fourth-order valence-corrected chi connectivity index (χ4v) is 3.47. The Labute approximate surface area is 165 Å². The van der Waals surface area contributed by atoms with Crippen molar-refractivity contribution in [2.45, 2.75) is 32.4 Å². The molecule has 0 aliphatic carbocycles. The highest BCUT2D eigenvalue weighted by Gasteiger charge is 2.21. The molecule has 150 valence electrons. The normalized spacial score (nSPS) is 16.4. The van der Waals surface area contributed by atoms with Gasteiger partial charge in [-0.05, 0) is 55.2 Å². The van der Waals surface area contributed by atoms with Gasteiger partial charge in [0, 0.05) is 19.7 Å². The lowest BCUT2D eigenvalue weighted by molar-refractivity contribution is -0.117. The Morgan fingerprint density at radius 1 is 1.32 bits per heavy atom. The van der Waals surface area contributed by atoms with Gasteiger partial charge in [-0.2, -0.15) is 0 Å². The molecule has 3 rings (SSSR count). The van der Waals surface area contributed by atoms with Gasteiger partial charge >= 0.3 is 0 Å². The highest BCUT2D eigenvalue weighted by atomic mass is 19.1. The largest absolute Gasteiger partial charge is 0.495 e. The molecule has 28 heavy (non-hydrogen) atoms. The topological polar surface area (TPSA) is 50.8 Å². The van der Waals surface area contributed by atoms with E-state index in [2.05, 4.69) is 5.32 Å². The van der Waals surface area contributed by atoms with Crippen LogP contribution in [-0.4, -0.2) is 43.7 Å². The average molecular weight is 386 g/mol. The van der Waals surface area contributed by atoms with E-state index in [0.717, 1.165) is 30.6 Å². The smallest absolute Gasteiger partial charge is 0.238 e. The highest BCUT2D eigenvalue weighted by molar-refractivity contribution is 5.93. The number of nitrogens with one attached hydrogen (secondary N) is 1. The molecule has 1 saturated heterocycles. The van der Waals surface area contributed by atoms with Crippen molar-refractivity contribution in [1.82, 2.24) is 4.90 Å². The van der Waals surface area contributed by atoms with Crippen molar-refractivity contribution in [3.63, 3.8) is 0 Å². The third-order valence-corrected chi connectivity index (χ3v) is 4.78. The lowest BCUT2D eigenvalue weighted by Gasteiger charge is -2.25. The summed E-state index contributed by atoms with van der Waals surface area (Å²) >= 11 is 0. The molecule has 0 spiro atoms. The molecule has 2 aromatic carbocycles. The van der Waals surface area contributed by atoms with E-state index in [1.807, 2.05) is 36.1 Å². The second kappa shape index (κ2) is 9.66. The minimum Gasteiger partial charge on any atom is -0.495 e. The van der Waals surface area contributed by atoms with E-state index < -0.39 is 0 Å². The standard InChI is InChI=1S/C22H27FN2O3/c1-16-8-9-21(27-2)20(11-16)24-22(26)15-25(14-19-7-4-10-28-19)13-17-5-3-6-18(23)12-17/h3,5-6,8-9,11-12,19H,4,7,10,13-15H2,1-2H3,(H,24,26). The molecule has 1 unspecified atom stereocenters. The number of anilines is 1. The van der Waals surface area contributed by atoms with Crippen LogP contribution in [0.1, 0.15) is 24.0 Å². The summed E-state index contributed by atoms with van der Waals surface area (Å²) in [4.78, 5) is 14.7. The zero-order valence-electron chi connectivity index (χ0n) is 16.4. The molecule has 6 heteroatoms. The lowest BCUT2D eigenvalue weighted by Crippen LogP contribution is -2.38. The van der Waals surface area contributed by atoms with Crippen molar-refractivity contribution < 1.29 is 18.7 Å². The van der Waals surface area contributed by atoms with E-state index in [4.69, 9.17) is 9.47 Å². The first kappa shape index (κ1) is 20.3. The number of nitrogens with zero attached hydrogens (tertiary/aromatic N) is 1. The summed E-state index contributed by atoms with van der Waals surface area (Å²) in [5, 5.41) is 2.93. The molecule has 1 aliphatic heterocycles. The summed E-state index contributed by atoms with van der Waals surface area (Å²) in [6.07, 6.45) is 2.12. The van der Waals surface area contributed by atoms with Crippen LogP contribution in [0.15, 0.2) is 42.5 Å². The van der Waals surface area contributed by atoms with E-state index in [9.17, 15) is 9.18 Å². The van der Waals surface area contributed by atoms with Gasteiger partial charge in [0.15, 0.2) is 0 Å². The van der Waals surface area contributed by atoms with E-state index >= 15 is 0 Å². The number of methoxy groups -OCH3 is 1. The van der Waals surface area contributed by atoms with E-state index in [0.29, 0.717) is 24.5 Å². The molecule has 0 aromatic heterocycles. The van der Waals surface area contributed by atoms with Gasteiger partial charge in [0.25, 0.3) is 0 Å². The number of hydrogen-bond donors (Lipinski definition) is 1. The second-order valence-electron chi connectivity index (χ2n) is 7.19. The first-order valence-electron chi connectivity index (χ1n) is 9.56. The summed E-state index contributed by atoms with van der Waals surface area (Å²) < 4.78 is 24.6. The molecular formula is C22H27FN2O3. The maximum absolute atomic E-state index is 13.6. The monoisotopic (exact) mass is 386 g/mol. The molecule has 1 atom stereocenters. The Hall–Kier alpha value is -2.44.